The third kappa shape index (κ3) is 3.11. The zero-order chi connectivity index (χ0) is 11.3. The van der Waals surface area contributed by atoms with E-state index in [1.807, 2.05) is 30.3 Å². The fourth-order valence-electron chi connectivity index (χ4n) is 1.11. The number of carboxylic acid groups (broad SMARTS) is 1. The van der Waals surface area contributed by atoms with Crippen LogP contribution in [0.2, 0.25) is 0 Å². The van der Waals surface area contributed by atoms with Crippen LogP contribution in [0.4, 0.5) is 4.79 Å². The van der Waals surface area contributed by atoms with Gasteiger partial charge in [0.25, 0.3) is 0 Å². The molecule has 0 saturated heterocycles. The van der Waals surface area contributed by atoms with Crippen LogP contribution < -0.4 is 0 Å². The molecule has 1 aromatic carbocycles. The summed E-state index contributed by atoms with van der Waals surface area (Å²) in [6.45, 7) is -0.308. The molecule has 0 heterocycles. The van der Waals surface area contributed by atoms with Crippen LogP contribution in [0, 0.1) is 0 Å². The van der Waals surface area contributed by atoms with Gasteiger partial charge in [-0.3, -0.25) is 4.90 Å². The third-order valence-corrected chi connectivity index (χ3v) is 2.01. The maximum Gasteiger partial charge on any atom is 0.411 e. The van der Waals surface area contributed by atoms with Crippen LogP contribution in [-0.2, 0) is 0 Å². The molecule has 0 radical (unpaired) electrons. The summed E-state index contributed by atoms with van der Waals surface area (Å²) in [5.41, 5.74) is 1.20. The van der Waals surface area contributed by atoms with Crippen molar-refractivity contribution in [3.8, 4) is 0 Å². The Bertz CT molecular complexity index is 359. The lowest BCUT2D eigenvalue weighted by Gasteiger charge is -2.15. The number of rotatable bonds is 3. The minimum absolute atomic E-state index is 0.308. The number of benzene rings is 1. The number of aliphatic hydroxyl groups is 1. The summed E-state index contributed by atoms with van der Waals surface area (Å²) in [7, 11) is 1.40. The molecule has 0 unspecified atom stereocenters. The first-order chi connectivity index (χ1) is 7.15. The van der Waals surface area contributed by atoms with E-state index in [9.17, 15) is 4.79 Å². The number of amides is 1. The Morgan fingerprint density at radius 2 is 2.00 bits per heavy atom. The van der Waals surface area contributed by atoms with E-state index < -0.39 is 6.09 Å². The van der Waals surface area contributed by atoms with Gasteiger partial charge in [-0.15, -0.1) is 0 Å². The molecule has 4 nitrogen and oxygen atoms in total. The lowest BCUT2D eigenvalue weighted by Crippen LogP contribution is -2.25. The summed E-state index contributed by atoms with van der Waals surface area (Å²) in [4.78, 5) is 11.7. The van der Waals surface area contributed by atoms with Gasteiger partial charge in [0, 0.05) is 12.7 Å². The smallest absolute Gasteiger partial charge is 0.411 e. The van der Waals surface area contributed by atoms with Gasteiger partial charge in [0.15, 0.2) is 0 Å². The predicted molar refractivity (Wildman–Crippen MR) is 57.3 cm³/mol. The van der Waals surface area contributed by atoms with Gasteiger partial charge in [-0.2, -0.15) is 0 Å². The maximum atomic E-state index is 10.7. The monoisotopic (exact) mass is 207 g/mol. The highest BCUT2D eigenvalue weighted by Crippen LogP contribution is 2.09. The van der Waals surface area contributed by atoms with Crippen molar-refractivity contribution < 1.29 is 15.0 Å². The zero-order valence-corrected chi connectivity index (χ0v) is 8.42. The summed E-state index contributed by atoms with van der Waals surface area (Å²) >= 11 is 0. The highest BCUT2D eigenvalue weighted by Gasteiger charge is 2.10. The summed E-state index contributed by atoms with van der Waals surface area (Å²) in [5, 5.41) is 17.8. The molecule has 0 fully saturated rings. The van der Waals surface area contributed by atoms with Gasteiger partial charge in [0.05, 0.1) is 6.61 Å². The van der Waals surface area contributed by atoms with E-state index >= 15 is 0 Å². The van der Waals surface area contributed by atoms with Crippen molar-refractivity contribution >= 4 is 12.2 Å². The Morgan fingerprint density at radius 1 is 1.40 bits per heavy atom. The minimum Gasteiger partial charge on any atom is -0.465 e. The highest BCUT2D eigenvalue weighted by molar-refractivity contribution is 5.69. The normalized spacial score (nSPS) is 11.2. The lowest BCUT2D eigenvalue weighted by molar-refractivity contribution is 0.160. The van der Waals surface area contributed by atoms with E-state index in [-0.39, 0.29) is 6.61 Å². The quantitative estimate of drug-likeness (QED) is 0.791. The fourth-order valence-corrected chi connectivity index (χ4v) is 1.11. The number of nitrogens with zero attached hydrogens (tertiary/aromatic N) is 1. The van der Waals surface area contributed by atoms with Crippen LogP contribution in [-0.4, -0.2) is 34.9 Å². The summed E-state index contributed by atoms with van der Waals surface area (Å²) < 4.78 is 0. The highest BCUT2D eigenvalue weighted by atomic mass is 16.4. The summed E-state index contributed by atoms with van der Waals surface area (Å²) in [6.07, 6.45) is 0.542. The van der Waals surface area contributed by atoms with Gasteiger partial charge >= 0.3 is 6.09 Å². The topological polar surface area (TPSA) is 60.8 Å². The van der Waals surface area contributed by atoms with Crippen molar-refractivity contribution in [1.29, 1.82) is 0 Å². The molecule has 0 aromatic heterocycles. The molecule has 1 amide bonds. The number of hydrogen-bond donors (Lipinski definition) is 2. The van der Waals surface area contributed by atoms with Crippen molar-refractivity contribution in [2.75, 3.05) is 13.7 Å². The van der Waals surface area contributed by atoms with Crippen LogP contribution in [0.3, 0.4) is 0 Å². The van der Waals surface area contributed by atoms with Crippen LogP contribution >= 0.6 is 0 Å². The average Bonchev–Trinajstić information content (AvgIpc) is 2.26. The molecule has 80 valence electrons. The number of hydrogen-bond acceptors (Lipinski definition) is 2. The standard InChI is InChI=1S/C11H13NO3/c1-12(11(14)15)10(8-13)7-9-5-3-2-4-6-9/h2-7,13H,8H2,1H3,(H,14,15). The maximum absolute atomic E-state index is 10.7. The summed E-state index contributed by atoms with van der Waals surface area (Å²) in [5.74, 6) is 0. The first-order valence-electron chi connectivity index (χ1n) is 4.48. The van der Waals surface area contributed by atoms with Crippen LogP contribution in [0.15, 0.2) is 36.0 Å². The van der Waals surface area contributed by atoms with Gasteiger partial charge < -0.3 is 10.2 Å². The molecule has 0 saturated carbocycles. The average molecular weight is 207 g/mol. The molecule has 0 spiro atoms. The molecule has 0 bridgehead atoms. The van der Waals surface area contributed by atoms with E-state index in [1.54, 1.807) is 6.08 Å². The Labute approximate surface area is 88.1 Å². The molecule has 0 aliphatic heterocycles. The van der Waals surface area contributed by atoms with Gasteiger partial charge in [-0.25, -0.2) is 4.79 Å². The van der Waals surface area contributed by atoms with Gasteiger partial charge in [0.2, 0.25) is 0 Å². The first-order valence-corrected chi connectivity index (χ1v) is 4.48. The van der Waals surface area contributed by atoms with Crippen molar-refractivity contribution in [1.82, 2.24) is 4.90 Å². The number of likely N-dealkylation sites (N-methyl/N-ethyl adjacent to an activating group) is 1. The zero-order valence-electron chi connectivity index (χ0n) is 8.42. The van der Waals surface area contributed by atoms with Crippen molar-refractivity contribution in [2.24, 2.45) is 0 Å². The third-order valence-electron chi connectivity index (χ3n) is 2.01. The van der Waals surface area contributed by atoms with Gasteiger partial charge in [-0.05, 0) is 11.6 Å². The Morgan fingerprint density at radius 3 is 2.47 bits per heavy atom. The van der Waals surface area contributed by atoms with E-state index in [2.05, 4.69) is 0 Å². The summed E-state index contributed by atoms with van der Waals surface area (Å²) in [6, 6.07) is 9.25. The fraction of sp³-hybridized carbons (Fsp3) is 0.182. The molecule has 15 heavy (non-hydrogen) atoms. The number of aliphatic hydroxyl groups excluding tert-OH is 1. The molecular weight excluding hydrogens is 194 g/mol. The first kappa shape index (κ1) is 11.3. The Balaban J connectivity index is 2.92. The van der Waals surface area contributed by atoms with Crippen molar-refractivity contribution in [2.45, 2.75) is 0 Å². The molecule has 1 rings (SSSR count). The second-order valence-corrected chi connectivity index (χ2v) is 3.05. The molecule has 0 aliphatic carbocycles. The van der Waals surface area contributed by atoms with E-state index in [4.69, 9.17) is 10.2 Å². The van der Waals surface area contributed by atoms with Crippen molar-refractivity contribution in [3.63, 3.8) is 0 Å². The van der Waals surface area contributed by atoms with E-state index in [0.717, 1.165) is 10.5 Å². The second kappa shape index (κ2) is 5.17. The molecule has 0 atom stereocenters. The lowest BCUT2D eigenvalue weighted by atomic mass is 10.2. The van der Waals surface area contributed by atoms with Crippen LogP contribution in [0.5, 0.6) is 0 Å². The van der Waals surface area contributed by atoms with Crippen LogP contribution in [0.1, 0.15) is 5.56 Å². The van der Waals surface area contributed by atoms with E-state index in [1.165, 1.54) is 7.05 Å². The van der Waals surface area contributed by atoms with Crippen molar-refractivity contribution in [3.05, 3.63) is 41.6 Å². The largest absolute Gasteiger partial charge is 0.465 e. The predicted octanol–water partition coefficient (Wildman–Crippen LogP) is 1.63. The SMILES string of the molecule is CN(C(=O)O)C(=Cc1ccccc1)CO. The Hall–Kier alpha value is -1.81. The Kier molecular flexibility index (Phi) is 3.88. The molecule has 2 N–H and O–H groups in total. The molecular formula is C11H13NO3. The van der Waals surface area contributed by atoms with Gasteiger partial charge in [-0.1, -0.05) is 30.3 Å². The second-order valence-electron chi connectivity index (χ2n) is 3.05. The molecule has 1 aromatic rings. The molecule has 4 heteroatoms. The number of carbonyl (C=O) groups is 1. The molecule has 0 aliphatic rings. The van der Waals surface area contributed by atoms with E-state index in [0.29, 0.717) is 5.70 Å². The van der Waals surface area contributed by atoms with Gasteiger partial charge in [0.1, 0.15) is 0 Å². The minimum atomic E-state index is -1.09. The van der Waals surface area contributed by atoms with Crippen LogP contribution in [0.25, 0.3) is 6.08 Å².